The number of anilines is 1. The number of hydrogen-bond acceptors (Lipinski definition) is 4. The molecule has 2 aromatic carbocycles. The molecule has 3 rings (SSSR count). The third-order valence-electron chi connectivity index (χ3n) is 4.75. The summed E-state index contributed by atoms with van der Waals surface area (Å²) in [5, 5.41) is 12.3. The van der Waals surface area contributed by atoms with Crippen molar-refractivity contribution in [1.82, 2.24) is 10.2 Å². The summed E-state index contributed by atoms with van der Waals surface area (Å²) in [6.07, 6.45) is 0. The highest BCUT2D eigenvalue weighted by Crippen LogP contribution is 2.28. The lowest BCUT2D eigenvalue weighted by Crippen LogP contribution is -2.52. The van der Waals surface area contributed by atoms with Crippen LogP contribution in [0.25, 0.3) is 0 Å². The van der Waals surface area contributed by atoms with Crippen LogP contribution < -0.4 is 15.0 Å². The molecule has 27 heavy (non-hydrogen) atoms. The van der Waals surface area contributed by atoms with Crippen LogP contribution in [0, 0.1) is 11.3 Å². The van der Waals surface area contributed by atoms with Crippen LogP contribution in [-0.4, -0.2) is 51.2 Å². The minimum Gasteiger partial charge on any atom is -0.495 e. The maximum atomic E-state index is 8.89. The zero-order valence-electron chi connectivity index (χ0n) is 15.9. The number of aliphatic imine (C=N–C) groups is 1. The lowest BCUT2D eigenvalue weighted by atomic mass is 10.1. The van der Waals surface area contributed by atoms with Crippen LogP contribution in [0.3, 0.4) is 0 Å². The van der Waals surface area contributed by atoms with E-state index in [9.17, 15) is 0 Å². The van der Waals surface area contributed by atoms with Gasteiger partial charge < -0.3 is 19.9 Å². The van der Waals surface area contributed by atoms with Crippen molar-refractivity contribution in [3.05, 3.63) is 59.7 Å². The molecule has 2 aromatic rings. The Balaban J connectivity index is 1.56. The molecule has 0 atom stereocenters. The lowest BCUT2D eigenvalue weighted by Gasteiger charge is -2.38. The molecule has 1 aliphatic rings. The molecule has 1 saturated heterocycles. The normalized spacial score (nSPS) is 14.6. The molecular weight excluding hydrogens is 338 g/mol. The number of hydrogen-bond donors (Lipinski definition) is 1. The van der Waals surface area contributed by atoms with Crippen LogP contribution in [0.5, 0.6) is 5.75 Å². The summed E-state index contributed by atoms with van der Waals surface area (Å²) < 4.78 is 5.49. The van der Waals surface area contributed by atoms with Gasteiger partial charge in [-0.25, -0.2) is 0 Å². The lowest BCUT2D eigenvalue weighted by molar-refractivity contribution is 0.367. The number of nitrogens with zero attached hydrogens (tertiary/aromatic N) is 4. The fourth-order valence-electron chi connectivity index (χ4n) is 3.26. The monoisotopic (exact) mass is 363 g/mol. The molecule has 0 amide bonds. The molecule has 6 heteroatoms. The Hall–Kier alpha value is -3.20. The number of piperazine rings is 1. The predicted octanol–water partition coefficient (Wildman–Crippen LogP) is 2.46. The van der Waals surface area contributed by atoms with E-state index in [1.165, 1.54) is 0 Å². The Morgan fingerprint density at radius 3 is 2.44 bits per heavy atom. The minimum atomic E-state index is 0.676. The van der Waals surface area contributed by atoms with Gasteiger partial charge in [0.05, 0.1) is 24.4 Å². The number of rotatable bonds is 4. The highest BCUT2D eigenvalue weighted by molar-refractivity contribution is 5.80. The van der Waals surface area contributed by atoms with E-state index in [4.69, 9.17) is 10.00 Å². The van der Waals surface area contributed by atoms with Crippen LogP contribution in [0.4, 0.5) is 5.69 Å². The number of guanidine groups is 1. The van der Waals surface area contributed by atoms with E-state index < -0.39 is 0 Å². The van der Waals surface area contributed by atoms with Crippen molar-refractivity contribution in [2.45, 2.75) is 6.54 Å². The van der Waals surface area contributed by atoms with Gasteiger partial charge in [0.25, 0.3) is 0 Å². The number of ether oxygens (including phenoxy) is 1. The third kappa shape index (κ3) is 4.50. The molecular formula is C21H25N5O. The topological polar surface area (TPSA) is 63.9 Å². The van der Waals surface area contributed by atoms with Crippen LogP contribution in [0.15, 0.2) is 53.5 Å². The van der Waals surface area contributed by atoms with Gasteiger partial charge in [-0.3, -0.25) is 4.99 Å². The number of nitrogens with one attached hydrogen (secondary N) is 1. The SMILES string of the molecule is CN=C(NCc1ccc(C#N)cc1)N1CCN(c2ccccc2OC)CC1. The highest BCUT2D eigenvalue weighted by Gasteiger charge is 2.21. The van der Waals surface area contributed by atoms with Crippen molar-refractivity contribution in [3.63, 3.8) is 0 Å². The van der Waals surface area contributed by atoms with Crippen LogP contribution in [0.1, 0.15) is 11.1 Å². The fourth-order valence-corrected chi connectivity index (χ4v) is 3.26. The predicted molar refractivity (Wildman–Crippen MR) is 108 cm³/mol. The summed E-state index contributed by atoms with van der Waals surface area (Å²) in [5.74, 6) is 1.81. The average molecular weight is 363 g/mol. The maximum Gasteiger partial charge on any atom is 0.194 e. The Labute approximate surface area is 160 Å². The molecule has 0 bridgehead atoms. The number of nitriles is 1. The highest BCUT2D eigenvalue weighted by atomic mass is 16.5. The van der Waals surface area contributed by atoms with Gasteiger partial charge in [0.1, 0.15) is 5.75 Å². The van der Waals surface area contributed by atoms with E-state index >= 15 is 0 Å². The first-order valence-electron chi connectivity index (χ1n) is 9.07. The quantitative estimate of drug-likeness (QED) is 0.668. The zero-order chi connectivity index (χ0) is 19.1. The smallest absolute Gasteiger partial charge is 0.194 e. The van der Waals surface area contributed by atoms with Crippen LogP contribution in [0.2, 0.25) is 0 Å². The van der Waals surface area contributed by atoms with E-state index in [1.807, 2.05) is 49.5 Å². The summed E-state index contributed by atoms with van der Waals surface area (Å²) in [6, 6.07) is 17.9. The van der Waals surface area contributed by atoms with Gasteiger partial charge in [0, 0.05) is 39.8 Å². The van der Waals surface area contributed by atoms with Crippen molar-refractivity contribution in [1.29, 1.82) is 5.26 Å². The summed E-state index contributed by atoms with van der Waals surface area (Å²) in [4.78, 5) is 9.05. The third-order valence-corrected chi connectivity index (χ3v) is 4.75. The van der Waals surface area contributed by atoms with E-state index in [0.717, 1.165) is 49.1 Å². The largest absolute Gasteiger partial charge is 0.495 e. The Bertz CT molecular complexity index is 817. The zero-order valence-corrected chi connectivity index (χ0v) is 15.9. The second-order valence-electron chi connectivity index (χ2n) is 6.36. The molecule has 1 aliphatic heterocycles. The number of benzene rings is 2. The minimum absolute atomic E-state index is 0.676. The average Bonchev–Trinajstić information content (AvgIpc) is 2.75. The second kappa shape index (κ2) is 8.95. The first-order chi connectivity index (χ1) is 13.2. The van der Waals surface area contributed by atoms with Crippen molar-refractivity contribution in [2.24, 2.45) is 4.99 Å². The van der Waals surface area contributed by atoms with E-state index in [2.05, 4.69) is 32.2 Å². The first-order valence-corrected chi connectivity index (χ1v) is 9.07. The number of methoxy groups -OCH3 is 1. The summed E-state index contributed by atoms with van der Waals surface area (Å²) in [7, 11) is 3.53. The Kier molecular flexibility index (Phi) is 6.16. The van der Waals surface area contributed by atoms with Gasteiger partial charge in [-0.1, -0.05) is 24.3 Å². The molecule has 0 radical (unpaired) electrons. The Morgan fingerprint density at radius 2 is 1.81 bits per heavy atom. The van der Waals surface area contributed by atoms with E-state index in [-0.39, 0.29) is 0 Å². The molecule has 0 saturated carbocycles. The van der Waals surface area contributed by atoms with Crippen LogP contribution >= 0.6 is 0 Å². The van der Waals surface area contributed by atoms with Crippen molar-refractivity contribution in [2.75, 3.05) is 45.2 Å². The molecule has 1 fully saturated rings. The Morgan fingerprint density at radius 1 is 1.11 bits per heavy atom. The van der Waals surface area contributed by atoms with Crippen molar-refractivity contribution in [3.8, 4) is 11.8 Å². The molecule has 0 aliphatic carbocycles. The van der Waals surface area contributed by atoms with Crippen molar-refractivity contribution < 1.29 is 4.74 Å². The number of para-hydroxylation sites is 2. The van der Waals surface area contributed by atoms with E-state index in [1.54, 1.807) is 7.11 Å². The maximum absolute atomic E-state index is 8.89. The molecule has 140 valence electrons. The van der Waals surface area contributed by atoms with Crippen LogP contribution in [-0.2, 0) is 6.54 Å². The standard InChI is InChI=1S/C21H25N5O/c1-23-21(24-16-18-9-7-17(15-22)8-10-18)26-13-11-25(12-14-26)19-5-3-4-6-20(19)27-2/h3-10H,11-14,16H2,1-2H3,(H,23,24). The van der Waals surface area contributed by atoms with Gasteiger partial charge >= 0.3 is 0 Å². The fraction of sp³-hybridized carbons (Fsp3) is 0.333. The summed E-state index contributed by atoms with van der Waals surface area (Å²) >= 11 is 0. The first kappa shape index (κ1) is 18.6. The van der Waals surface area contributed by atoms with Gasteiger partial charge in [-0.05, 0) is 29.8 Å². The van der Waals surface area contributed by atoms with Gasteiger partial charge in [0.2, 0.25) is 0 Å². The van der Waals surface area contributed by atoms with Gasteiger partial charge in [-0.2, -0.15) is 5.26 Å². The van der Waals surface area contributed by atoms with Crippen molar-refractivity contribution >= 4 is 11.6 Å². The van der Waals surface area contributed by atoms with E-state index in [0.29, 0.717) is 12.1 Å². The molecule has 0 unspecified atom stereocenters. The molecule has 0 spiro atoms. The van der Waals surface area contributed by atoms with Gasteiger partial charge in [-0.15, -0.1) is 0 Å². The second-order valence-corrected chi connectivity index (χ2v) is 6.36. The summed E-state index contributed by atoms with van der Waals surface area (Å²) in [5.41, 5.74) is 2.94. The van der Waals surface area contributed by atoms with Gasteiger partial charge in [0.15, 0.2) is 5.96 Å². The molecule has 6 nitrogen and oxygen atoms in total. The molecule has 0 aromatic heterocycles. The molecule has 1 N–H and O–H groups in total. The summed E-state index contributed by atoms with van der Waals surface area (Å²) in [6.45, 7) is 4.30. The molecule has 1 heterocycles.